The van der Waals surface area contributed by atoms with Crippen molar-refractivity contribution in [1.82, 2.24) is 0 Å². The molecular weight excluding hydrogens is 290 g/mol. The van der Waals surface area contributed by atoms with Gasteiger partial charge in [0.15, 0.2) is 17.5 Å². The van der Waals surface area contributed by atoms with E-state index in [-0.39, 0.29) is 0 Å². The molecule has 0 saturated heterocycles. The maximum absolute atomic E-state index is 12.6. The summed E-state index contributed by atoms with van der Waals surface area (Å²) >= 11 is 2.22. The van der Waals surface area contributed by atoms with Crippen LogP contribution in [0.3, 0.4) is 0 Å². The molecule has 0 amide bonds. The molecule has 0 aromatic heterocycles. The number of alkyl halides is 4. The lowest BCUT2D eigenvalue weighted by Crippen LogP contribution is -2.16. The van der Waals surface area contributed by atoms with Crippen molar-refractivity contribution in [2.45, 2.75) is 11.0 Å². The Balaban J connectivity index is 3.17. The SMILES string of the molecule is Fc1cc(C(Br)C(F)(F)F)cc(F)c1F. The first-order chi connectivity index (χ1) is 6.73. The molecule has 0 N–H and O–H groups in total. The summed E-state index contributed by atoms with van der Waals surface area (Å²) in [6.45, 7) is 0. The zero-order valence-corrected chi connectivity index (χ0v) is 8.46. The Labute approximate surface area is 89.0 Å². The second-order valence-electron chi connectivity index (χ2n) is 2.70. The molecule has 0 aliphatic carbocycles. The number of hydrogen-bond acceptors (Lipinski definition) is 0. The molecule has 84 valence electrons. The predicted molar refractivity (Wildman–Crippen MR) is 44.0 cm³/mol. The highest BCUT2D eigenvalue weighted by atomic mass is 79.9. The summed E-state index contributed by atoms with van der Waals surface area (Å²) in [6, 6.07) is 0.594. The van der Waals surface area contributed by atoms with Crippen LogP contribution in [0.15, 0.2) is 12.1 Å². The summed E-state index contributed by atoms with van der Waals surface area (Å²) < 4.78 is 73.9. The van der Waals surface area contributed by atoms with E-state index in [1.165, 1.54) is 0 Å². The van der Waals surface area contributed by atoms with Gasteiger partial charge in [-0.25, -0.2) is 13.2 Å². The quantitative estimate of drug-likeness (QED) is 0.415. The van der Waals surface area contributed by atoms with Gasteiger partial charge in [0, 0.05) is 0 Å². The van der Waals surface area contributed by atoms with E-state index in [2.05, 4.69) is 15.9 Å². The highest BCUT2D eigenvalue weighted by Gasteiger charge is 2.39. The van der Waals surface area contributed by atoms with Crippen molar-refractivity contribution in [3.8, 4) is 0 Å². The molecule has 0 saturated carbocycles. The molecule has 0 heterocycles. The van der Waals surface area contributed by atoms with Gasteiger partial charge in [0.05, 0.1) is 0 Å². The molecule has 7 heteroatoms. The summed E-state index contributed by atoms with van der Waals surface area (Å²) in [5, 5.41) is 0. The van der Waals surface area contributed by atoms with Crippen molar-refractivity contribution in [3.63, 3.8) is 0 Å². The predicted octanol–water partition coefficient (Wildman–Crippen LogP) is 4.10. The lowest BCUT2D eigenvalue weighted by Gasteiger charge is -2.14. The van der Waals surface area contributed by atoms with Crippen LogP contribution >= 0.6 is 15.9 Å². The van der Waals surface area contributed by atoms with Crippen molar-refractivity contribution in [1.29, 1.82) is 0 Å². The molecule has 1 aromatic carbocycles. The van der Waals surface area contributed by atoms with Gasteiger partial charge in [-0.15, -0.1) is 0 Å². The van der Waals surface area contributed by atoms with Gasteiger partial charge in [0.25, 0.3) is 0 Å². The van der Waals surface area contributed by atoms with Gasteiger partial charge < -0.3 is 0 Å². The molecular formula is C8H3BrF6. The number of halogens is 7. The Bertz CT molecular complexity index is 349. The highest BCUT2D eigenvalue weighted by Crippen LogP contribution is 2.40. The van der Waals surface area contributed by atoms with Crippen LogP contribution in [-0.2, 0) is 0 Å². The third kappa shape index (κ3) is 2.64. The molecule has 0 aliphatic heterocycles. The fourth-order valence-corrected chi connectivity index (χ4v) is 1.17. The van der Waals surface area contributed by atoms with E-state index < -0.39 is 34.0 Å². The fraction of sp³-hybridized carbons (Fsp3) is 0.250. The van der Waals surface area contributed by atoms with Crippen LogP contribution < -0.4 is 0 Å². The molecule has 1 atom stereocenters. The molecule has 0 aliphatic rings. The summed E-state index contributed by atoms with van der Waals surface area (Å²) in [6.07, 6.45) is -4.70. The van der Waals surface area contributed by atoms with Gasteiger partial charge in [-0.3, -0.25) is 0 Å². The van der Waals surface area contributed by atoms with Gasteiger partial charge in [0.1, 0.15) is 4.83 Å². The van der Waals surface area contributed by atoms with Crippen LogP contribution in [0.25, 0.3) is 0 Å². The van der Waals surface area contributed by atoms with Gasteiger partial charge in [-0.1, -0.05) is 15.9 Å². The molecule has 1 unspecified atom stereocenters. The Morgan fingerprint density at radius 1 is 1.00 bits per heavy atom. The van der Waals surface area contributed by atoms with Gasteiger partial charge in [-0.2, -0.15) is 13.2 Å². The lowest BCUT2D eigenvalue weighted by molar-refractivity contribution is -0.128. The Kier molecular flexibility index (Phi) is 3.32. The summed E-state index contributed by atoms with van der Waals surface area (Å²) in [5.74, 6) is -5.10. The minimum absolute atomic E-state index is 0.297. The number of benzene rings is 1. The average Bonchev–Trinajstić information content (AvgIpc) is 2.10. The molecule has 0 fully saturated rings. The van der Waals surface area contributed by atoms with Crippen LogP contribution in [0.4, 0.5) is 26.3 Å². The molecule has 0 spiro atoms. The maximum Gasteiger partial charge on any atom is 0.405 e. The fourth-order valence-electron chi connectivity index (χ4n) is 0.910. The Morgan fingerprint density at radius 3 is 1.73 bits per heavy atom. The van der Waals surface area contributed by atoms with Gasteiger partial charge >= 0.3 is 6.18 Å². The molecule has 0 radical (unpaired) electrons. The topological polar surface area (TPSA) is 0 Å². The van der Waals surface area contributed by atoms with Gasteiger partial charge in [0.2, 0.25) is 0 Å². The molecule has 0 bridgehead atoms. The van der Waals surface area contributed by atoms with E-state index in [4.69, 9.17) is 0 Å². The standard InChI is InChI=1S/C8H3BrF6/c9-7(8(13,14)15)3-1-4(10)6(12)5(11)2-3/h1-2,7H. The lowest BCUT2D eigenvalue weighted by atomic mass is 10.1. The van der Waals surface area contributed by atoms with Crippen molar-refractivity contribution in [3.05, 3.63) is 35.1 Å². The van der Waals surface area contributed by atoms with Crippen molar-refractivity contribution < 1.29 is 26.3 Å². The maximum atomic E-state index is 12.6. The zero-order chi connectivity index (χ0) is 11.8. The van der Waals surface area contributed by atoms with E-state index in [1.807, 2.05) is 0 Å². The van der Waals surface area contributed by atoms with E-state index in [9.17, 15) is 26.3 Å². The van der Waals surface area contributed by atoms with Crippen LogP contribution in [0, 0.1) is 17.5 Å². The van der Waals surface area contributed by atoms with Crippen molar-refractivity contribution >= 4 is 15.9 Å². The highest BCUT2D eigenvalue weighted by molar-refractivity contribution is 9.09. The summed E-state index contributed by atoms with van der Waals surface area (Å²) in [4.78, 5) is -2.23. The smallest absolute Gasteiger partial charge is 0.204 e. The zero-order valence-electron chi connectivity index (χ0n) is 6.88. The molecule has 1 rings (SSSR count). The molecule has 1 aromatic rings. The first-order valence-corrected chi connectivity index (χ1v) is 4.50. The summed E-state index contributed by atoms with van der Waals surface area (Å²) in [7, 11) is 0. The number of rotatable bonds is 1. The minimum Gasteiger partial charge on any atom is -0.204 e. The third-order valence-corrected chi connectivity index (χ3v) is 2.63. The Morgan fingerprint density at radius 2 is 1.40 bits per heavy atom. The van der Waals surface area contributed by atoms with Crippen LogP contribution in [-0.4, -0.2) is 6.18 Å². The first-order valence-electron chi connectivity index (χ1n) is 3.58. The first kappa shape index (κ1) is 12.4. The normalized spacial score (nSPS) is 14.1. The third-order valence-electron chi connectivity index (χ3n) is 1.59. The van der Waals surface area contributed by atoms with Crippen molar-refractivity contribution in [2.75, 3.05) is 0 Å². The summed E-state index contributed by atoms with van der Waals surface area (Å²) in [5.41, 5.74) is -0.723. The van der Waals surface area contributed by atoms with Crippen molar-refractivity contribution in [2.24, 2.45) is 0 Å². The average molecular weight is 293 g/mol. The van der Waals surface area contributed by atoms with Crippen LogP contribution in [0.1, 0.15) is 10.4 Å². The monoisotopic (exact) mass is 292 g/mol. The van der Waals surface area contributed by atoms with E-state index in [1.54, 1.807) is 0 Å². The van der Waals surface area contributed by atoms with E-state index in [0.717, 1.165) is 0 Å². The largest absolute Gasteiger partial charge is 0.405 e. The Hall–Kier alpha value is -0.720. The van der Waals surface area contributed by atoms with Gasteiger partial charge in [-0.05, 0) is 17.7 Å². The minimum atomic E-state index is -4.70. The second-order valence-corrected chi connectivity index (χ2v) is 3.62. The van der Waals surface area contributed by atoms with Crippen LogP contribution in [0.5, 0.6) is 0 Å². The molecule has 0 nitrogen and oxygen atoms in total. The second kappa shape index (κ2) is 4.03. The van der Waals surface area contributed by atoms with Crippen LogP contribution in [0.2, 0.25) is 0 Å². The van der Waals surface area contributed by atoms with E-state index in [0.29, 0.717) is 12.1 Å². The van der Waals surface area contributed by atoms with E-state index >= 15 is 0 Å². The molecule has 15 heavy (non-hydrogen) atoms. The number of hydrogen-bond donors (Lipinski definition) is 0.